The maximum atomic E-state index is 11.8. The van der Waals surface area contributed by atoms with E-state index in [1.165, 1.54) is 24.4 Å². The lowest BCUT2D eigenvalue weighted by Crippen LogP contribution is -2.24. The summed E-state index contributed by atoms with van der Waals surface area (Å²) in [6.07, 6.45) is 1.37. The molecule has 0 heterocycles. The maximum absolute atomic E-state index is 11.8. The molecule has 27 heavy (non-hydrogen) atoms. The Kier molecular flexibility index (Phi) is 6.70. The van der Waals surface area contributed by atoms with E-state index < -0.39 is 17.4 Å². The zero-order chi connectivity index (χ0) is 19.8. The molecule has 2 rings (SSSR count). The molecule has 0 aliphatic rings. The number of aryl methyl sites for hydroxylation is 1. The molecule has 2 N–H and O–H groups in total. The average molecular weight is 373 g/mol. The van der Waals surface area contributed by atoms with Crippen molar-refractivity contribution in [1.29, 1.82) is 0 Å². The molecule has 0 aromatic heterocycles. The Morgan fingerprint density at radius 1 is 1.26 bits per heavy atom. The number of hydrogen-bond donors (Lipinski definition) is 2. The van der Waals surface area contributed by atoms with Gasteiger partial charge >= 0.3 is 5.69 Å². The number of nitro groups is 1. The Bertz CT molecular complexity index is 866. The average Bonchev–Trinajstić information content (AvgIpc) is 2.63. The Hall–Kier alpha value is -3.62. The first-order chi connectivity index (χ1) is 12.9. The van der Waals surface area contributed by atoms with Crippen molar-refractivity contribution in [3.63, 3.8) is 0 Å². The predicted octanol–water partition coefficient (Wildman–Crippen LogP) is 2.54. The van der Waals surface area contributed by atoms with Gasteiger partial charge in [0.1, 0.15) is 0 Å². The number of aromatic hydroxyl groups is 1. The largest absolute Gasteiger partial charge is 0.504 e. The number of carbonyl (C=O) groups is 1. The fourth-order valence-corrected chi connectivity index (χ4v) is 2.13. The third kappa shape index (κ3) is 5.70. The van der Waals surface area contributed by atoms with Crippen LogP contribution in [-0.2, 0) is 4.79 Å². The summed E-state index contributed by atoms with van der Waals surface area (Å²) >= 11 is 0. The number of phenols is 1. The van der Waals surface area contributed by atoms with Gasteiger partial charge in [-0.1, -0.05) is 6.07 Å². The lowest BCUT2D eigenvalue weighted by molar-refractivity contribution is -0.385. The van der Waals surface area contributed by atoms with Gasteiger partial charge in [0.25, 0.3) is 5.91 Å². The molecule has 0 saturated carbocycles. The van der Waals surface area contributed by atoms with E-state index in [9.17, 15) is 20.0 Å². The van der Waals surface area contributed by atoms with E-state index in [1.54, 1.807) is 32.0 Å². The van der Waals surface area contributed by atoms with Crippen molar-refractivity contribution < 1.29 is 24.3 Å². The fourth-order valence-electron chi connectivity index (χ4n) is 2.13. The van der Waals surface area contributed by atoms with Crippen molar-refractivity contribution in [1.82, 2.24) is 5.43 Å². The summed E-state index contributed by atoms with van der Waals surface area (Å²) in [6, 6.07) is 9.08. The number of amides is 1. The summed E-state index contributed by atoms with van der Waals surface area (Å²) < 4.78 is 10.5. The van der Waals surface area contributed by atoms with Gasteiger partial charge in [-0.3, -0.25) is 14.9 Å². The molecule has 9 heteroatoms. The zero-order valence-corrected chi connectivity index (χ0v) is 14.8. The number of carbonyl (C=O) groups excluding carboxylic acids is 1. The van der Waals surface area contributed by atoms with Crippen LogP contribution in [0.4, 0.5) is 5.69 Å². The van der Waals surface area contributed by atoms with Gasteiger partial charge in [-0.05, 0) is 49.2 Å². The van der Waals surface area contributed by atoms with Crippen LogP contribution in [0.1, 0.15) is 18.1 Å². The van der Waals surface area contributed by atoms with Crippen LogP contribution < -0.4 is 14.9 Å². The van der Waals surface area contributed by atoms with Gasteiger partial charge in [0.05, 0.1) is 17.7 Å². The second-order valence-electron chi connectivity index (χ2n) is 5.47. The zero-order valence-electron chi connectivity index (χ0n) is 14.8. The predicted molar refractivity (Wildman–Crippen MR) is 98.3 cm³/mol. The molecule has 0 saturated heterocycles. The molecule has 1 amide bonds. The summed E-state index contributed by atoms with van der Waals surface area (Å²) in [5.74, 6) is -0.261. The first-order valence-corrected chi connectivity index (χ1v) is 8.06. The van der Waals surface area contributed by atoms with Crippen molar-refractivity contribution in [2.45, 2.75) is 13.8 Å². The maximum Gasteiger partial charge on any atom is 0.311 e. The fraction of sp³-hybridized carbons (Fsp3) is 0.222. The minimum atomic E-state index is -0.579. The first-order valence-electron chi connectivity index (χ1n) is 8.06. The van der Waals surface area contributed by atoms with Crippen LogP contribution in [0.3, 0.4) is 0 Å². The molecule has 0 aliphatic heterocycles. The molecule has 0 unspecified atom stereocenters. The van der Waals surface area contributed by atoms with Crippen LogP contribution in [0.15, 0.2) is 41.5 Å². The van der Waals surface area contributed by atoms with Crippen molar-refractivity contribution in [2.75, 3.05) is 13.2 Å². The summed E-state index contributed by atoms with van der Waals surface area (Å²) in [5.41, 5.74) is 3.37. The Morgan fingerprint density at radius 2 is 2.04 bits per heavy atom. The number of ether oxygens (including phenoxy) is 2. The second kappa shape index (κ2) is 9.18. The topological polar surface area (TPSA) is 123 Å². The van der Waals surface area contributed by atoms with Crippen LogP contribution in [0.2, 0.25) is 0 Å². The molecule has 9 nitrogen and oxygen atoms in total. The quantitative estimate of drug-likeness (QED) is 0.416. The number of nitrogens with zero attached hydrogens (tertiary/aromatic N) is 2. The molecule has 0 atom stereocenters. The van der Waals surface area contributed by atoms with Crippen LogP contribution in [0.5, 0.6) is 17.2 Å². The van der Waals surface area contributed by atoms with Crippen molar-refractivity contribution in [2.24, 2.45) is 5.10 Å². The van der Waals surface area contributed by atoms with Crippen LogP contribution in [-0.4, -0.2) is 35.4 Å². The molecule has 0 radical (unpaired) electrons. The summed E-state index contributed by atoms with van der Waals surface area (Å²) in [6.45, 7) is 3.48. The van der Waals surface area contributed by atoms with E-state index in [0.717, 1.165) is 0 Å². The Balaban J connectivity index is 1.93. The van der Waals surface area contributed by atoms with E-state index in [0.29, 0.717) is 23.5 Å². The van der Waals surface area contributed by atoms with Crippen molar-refractivity contribution >= 4 is 17.8 Å². The third-order valence-electron chi connectivity index (χ3n) is 3.36. The molecular weight excluding hydrogens is 354 g/mol. The highest BCUT2D eigenvalue weighted by Gasteiger charge is 2.16. The number of phenolic OH excluding ortho intramolecular Hbond substituents is 1. The SMILES string of the molecule is CCOc1cc(/C=N/NC(=O)COc2ccc(C)cc2[N+](=O)[O-])ccc1O. The monoisotopic (exact) mass is 373 g/mol. The number of hydrazone groups is 1. The summed E-state index contributed by atoms with van der Waals surface area (Å²) in [4.78, 5) is 22.2. The van der Waals surface area contributed by atoms with E-state index >= 15 is 0 Å². The van der Waals surface area contributed by atoms with E-state index in [4.69, 9.17) is 9.47 Å². The number of hydrogen-bond acceptors (Lipinski definition) is 7. The van der Waals surface area contributed by atoms with Gasteiger partial charge in [0, 0.05) is 6.07 Å². The minimum absolute atomic E-state index is 0.00428. The molecule has 0 bridgehead atoms. The van der Waals surface area contributed by atoms with Gasteiger partial charge in [-0.15, -0.1) is 0 Å². The normalized spacial score (nSPS) is 10.6. The van der Waals surface area contributed by atoms with E-state index in [-0.39, 0.29) is 17.2 Å². The lowest BCUT2D eigenvalue weighted by Gasteiger charge is -2.07. The highest BCUT2D eigenvalue weighted by atomic mass is 16.6. The molecule has 2 aromatic carbocycles. The van der Waals surface area contributed by atoms with Gasteiger partial charge in [-0.25, -0.2) is 5.43 Å². The van der Waals surface area contributed by atoms with Gasteiger partial charge < -0.3 is 14.6 Å². The molecule has 0 spiro atoms. The number of nitro benzene ring substituents is 1. The Labute approximate surface area is 155 Å². The smallest absolute Gasteiger partial charge is 0.311 e. The molecule has 2 aromatic rings. The number of rotatable bonds is 8. The van der Waals surface area contributed by atoms with Gasteiger partial charge in [0.15, 0.2) is 23.9 Å². The molecular formula is C18H19N3O6. The number of benzene rings is 2. The van der Waals surface area contributed by atoms with Crippen molar-refractivity contribution in [3.05, 3.63) is 57.6 Å². The van der Waals surface area contributed by atoms with Gasteiger partial charge in [-0.2, -0.15) is 5.10 Å². The van der Waals surface area contributed by atoms with Crippen molar-refractivity contribution in [3.8, 4) is 17.2 Å². The van der Waals surface area contributed by atoms with Gasteiger partial charge in [0.2, 0.25) is 0 Å². The Morgan fingerprint density at radius 3 is 2.74 bits per heavy atom. The summed E-state index contributed by atoms with van der Waals surface area (Å²) in [7, 11) is 0. The summed E-state index contributed by atoms with van der Waals surface area (Å²) in [5, 5.41) is 24.4. The standard InChI is InChI=1S/C18H19N3O6/c1-3-26-17-9-13(5-6-15(17)22)10-19-20-18(23)11-27-16-7-4-12(2)8-14(16)21(24)25/h4-10,22H,3,11H2,1-2H3,(H,20,23)/b19-10+. The third-order valence-corrected chi connectivity index (χ3v) is 3.36. The van der Waals surface area contributed by atoms with Crippen LogP contribution >= 0.6 is 0 Å². The molecule has 0 fully saturated rings. The minimum Gasteiger partial charge on any atom is -0.504 e. The van der Waals surface area contributed by atoms with E-state index in [2.05, 4.69) is 10.5 Å². The molecule has 0 aliphatic carbocycles. The van der Waals surface area contributed by atoms with Crippen LogP contribution in [0, 0.1) is 17.0 Å². The van der Waals surface area contributed by atoms with E-state index in [1.807, 2.05) is 0 Å². The highest BCUT2D eigenvalue weighted by molar-refractivity contribution is 5.83. The van der Waals surface area contributed by atoms with Crippen LogP contribution in [0.25, 0.3) is 0 Å². The lowest BCUT2D eigenvalue weighted by atomic mass is 10.2. The first kappa shape index (κ1) is 19.7. The second-order valence-corrected chi connectivity index (χ2v) is 5.47. The highest BCUT2D eigenvalue weighted by Crippen LogP contribution is 2.27. The molecule has 142 valence electrons. The number of nitrogens with one attached hydrogen (secondary N) is 1.